The number of amides is 1. The van der Waals surface area contributed by atoms with Gasteiger partial charge in [0.1, 0.15) is 6.10 Å². The molecule has 1 heterocycles. The van der Waals surface area contributed by atoms with Crippen molar-refractivity contribution < 1.29 is 14.3 Å². The van der Waals surface area contributed by atoms with E-state index >= 15 is 0 Å². The first-order chi connectivity index (χ1) is 14.5. The summed E-state index contributed by atoms with van der Waals surface area (Å²) < 4.78 is 10.9. The molecule has 0 bridgehead atoms. The molecule has 3 rings (SSSR count). The van der Waals surface area contributed by atoms with Gasteiger partial charge in [-0.25, -0.2) is 0 Å². The summed E-state index contributed by atoms with van der Waals surface area (Å²) >= 11 is 0. The summed E-state index contributed by atoms with van der Waals surface area (Å²) in [5, 5.41) is 6.81. The lowest BCUT2D eigenvalue weighted by Gasteiger charge is -2.37. The molecule has 1 unspecified atom stereocenters. The number of ether oxygens (including phenoxy) is 2. The van der Waals surface area contributed by atoms with E-state index in [1.165, 1.54) is 5.56 Å². The largest absolute Gasteiger partial charge is 0.385 e. The number of rotatable bonds is 11. The molecular weight excluding hydrogens is 380 g/mol. The van der Waals surface area contributed by atoms with Crippen LogP contribution in [0.2, 0.25) is 0 Å². The highest BCUT2D eigenvalue weighted by Crippen LogP contribution is 2.35. The van der Waals surface area contributed by atoms with Gasteiger partial charge in [-0.05, 0) is 56.7 Å². The van der Waals surface area contributed by atoms with Crippen molar-refractivity contribution in [1.29, 1.82) is 0 Å². The van der Waals surface area contributed by atoms with Gasteiger partial charge in [-0.15, -0.1) is 0 Å². The van der Waals surface area contributed by atoms with Crippen LogP contribution in [-0.2, 0) is 14.3 Å². The molecule has 1 saturated heterocycles. The number of carbonyl (C=O) groups is 1. The molecule has 1 amide bonds. The second-order valence-electron chi connectivity index (χ2n) is 8.52. The third-order valence-electron chi connectivity index (χ3n) is 6.01. The number of methoxy groups -OCH3 is 1. The van der Waals surface area contributed by atoms with Crippen LogP contribution in [0.5, 0.6) is 0 Å². The Labute approximate surface area is 180 Å². The van der Waals surface area contributed by atoms with Crippen LogP contribution in [0.3, 0.4) is 0 Å². The summed E-state index contributed by atoms with van der Waals surface area (Å²) in [6, 6.07) is 6.24. The third kappa shape index (κ3) is 5.94. The molecule has 1 aromatic rings. The van der Waals surface area contributed by atoms with Gasteiger partial charge in [0.2, 0.25) is 0 Å². The second-order valence-corrected chi connectivity index (χ2v) is 8.52. The molecule has 7 heteroatoms. The summed E-state index contributed by atoms with van der Waals surface area (Å²) in [5.41, 5.74) is 10.1. The first-order valence-electron chi connectivity index (χ1n) is 11.3. The van der Waals surface area contributed by atoms with Gasteiger partial charge in [0.15, 0.2) is 0 Å². The van der Waals surface area contributed by atoms with E-state index < -0.39 is 6.10 Å². The maximum absolute atomic E-state index is 13.2. The van der Waals surface area contributed by atoms with E-state index in [0.717, 1.165) is 56.6 Å². The highest BCUT2D eigenvalue weighted by molar-refractivity contribution is 5.82. The minimum Gasteiger partial charge on any atom is -0.385 e. The van der Waals surface area contributed by atoms with Crippen molar-refractivity contribution in [2.24, 2.45) is 5.73 Å². The summed E-state index contributed by atoms with van der Waals surface area (Å²) in [5.74, 6) is 0.0637. The number of hydrogen-bond acceptors (Lipinski definition) is 6. The molecule has 7 nitrogen and oxygen atoms in total. The maximum Gasteiger partial charge on any atom is 0.253 e. The van der Waals surface area contributed by atoms with E-state index in [1.54, 1.807) is 7.11 Å². The number of nitrogens with zero attached hydrogens (tertiary/aromatic N) is 1. The Hall–Kier alpha value is -1.67. The maximum atomic E-state index is 13.2. The van der Waals surface area contributed by atoms with E-state index in [4.69, 9.17) is 15.2 Å². The molecule has 1 aliphatic heterocycles. The quantitative estimate of drug-likeness (QED) is 0.478. The molecule has 1 aromatic carbocycles. The fraction of sp³-hybridized carbons (Fsp3) is 0.696. The first-order valence-corrected chi connectivity index (χ1v) is 11.3. The lowest BCUT2D eigenvalue weighted by atomic mass is 9.96. The minimum atomic E-state index is -0.412. The highest BCUT2D eigenvalue weighted by Gasteiger charge is 2.41. The topological polar surface area (TPSA) is 88.9 Å². The lowest BCUT2D eigenvalue weighted by Crippen LogP contribution is -2.54. The van der Waals surface area contributed by atoms with Crippen LogP contribution < -0.4 is 16.4 Å². The first kappa shape index (κ1) is 23.0. The van der Waals surface area contributed by atoms with Gasteiger partial charge in [0.05, 0.1) is 12.6 Å². The zero-order valence-electron chi connectivity index (χ0n) is 18.7. The van der Waals surface area contributed by atoms with Crippen molar-refractivity contribution in [3.8, 4) is 0 Å². The fourth-order valence-electron chi connectivity index (χ4n) is 4.10. The average Bonchev–Trinajstić information content (AvgIpc) is 3.59. The van der Waals surface area contributed by atoms with Crippen LogP contribution in [0.25, 0.3) is 0 Å². The van der Waals surface area contributed by atoms with Gasteiger partial charge in [-0.2, -0.15) is 0 Å². The monoisotopic (exact) mass is 418 g/mol. The van der Waals surface area contributed by atoms with E-state index in [1.807, 2.05) is 4.90 Å². The highest BCUT2D eigenvalue weighted by atomic mass is 16.5. The second kappa shape index (κ2) is 11.1. The normalized spacial score (nSPS) is 21.1. The smallest absolute Gasteiger partial charge is 0.253 e. The van der Waals surface area contributed by atoms with Crippen molar-refractivity contribution in [3.63, 3.8) is 0 Å². The number of aryl methyl sites for hydroxylation is 1. The summed E-state index contributed by atoms with van der Waals surface area (Å²) in [7, 11) is 1.73. The Morgan fingerprint density at radius 3 is 2.87 bits per heavy atom. The van der Waals surface area contributed by atoms with Gasteiger partial charge in [-0.3, -0.25) is 4.79 Å². The Balaban J connectivity index is 1.71. The number of benzene rings is 1. The molecule has 1 saturated carbocycles. The van der Waals surface area contributed by atoms with E-state index in [9.17, 15) is 4.79 Å². The standard InChI is InChI=1S/C23H38N4O3/c1-16-6-9-19(20(14-16)26-10-4-5-12-29-3)22(24)17(2)27(18-7-8-18)23(28)21-15-25-11-13-30-21/h6,9,14,17-18,21-22,25-26H,4-5,7-8,10-13,15,24H2,1-3H3/t17-,21-,22?/m1/s1. The number of unbranched alkanes of at least 4 members (excludes halogenated alkanes) is 1. The molecule has 168 valence electrons. The van der Waals surface area contributed by atoms with Crippen LogP contribution in [0.4, 0.5) is 5.69 Å². The number of hydrogen-bond donors (Lipinski definition) is 3. The van der Waals surface area contributed by atoms with Gasteiger partial charge < -0.3 is 30.7 Å². The van der Waals surface area contributed by atoms with Crippen LogP contribution in [0.1, 0.15) is 49.8 Å². The SMILES string of the molecule is COCCCCNc1cc(C)ccc1C(N)[C@@H](C)N(C(=O)[C@H]1CNCCO1)C1CC1. The van der Waals surface area contributed by atoms with Crippen molar-refractivity contribution in [2.45, 2.75) is 63.8 Å². The predicted molar refractivity (Wildman–Crippen MR) is 120 cm³/mol. The zero-order chi connectivity index (χ0) is 21.5. The van der Waals surface area contributed by atoms with Gasteiger partial charge >= 0.3 is 0 Å². The fourth-order valence-corrected chi connectivity index (χ4v) is 4.10. The Bertz CT molecular complexity index is 689. The van der Waals surface area contributed by atoms with Gasteiger partial charge in [0.25, 0.3) is 5.91 Å². The molecule has 1 aliphatic carbocycles. The number of anilines is 1. The third-order valence-corrected chi connectivity index (χ3v) is 6.01. The molecule has 2 aliphatic rings. The van der Waals surface area contributed by atoms with E-state index in [2.05, 4.69) is 42.7 Å². The average molecular weight is 419 g/mol. The predicted octanol–water partition coefficient (Wildman–Crippen LogP) is 2.20. The van der Waals surface area contributed by atoms with Crippen LogP contribution >= 0.6 is 0 Å². The molecule has 4 N–H and O–H groups in total. The van der Waals surface area contributed by atoms with Crippen LogP contribution in [-0.4, -0.2) is 69.0 Å². The van der Waals surface area contributed by atoms with Crippen molar-refractivity contribution in [2.75, 3.05) is 45.3 Å². The van der Waals surface area contributed by atoms with E-state index in [-0.39, 0.29) is 24.0 Å². The molecular formula is C23H38N4O3. The zero-order valence-corrected chi connectivity index (χ0v) is 18.7. The summed E-state index contributed by atoms with van der Waals surface area (Å²) in [6.45, 7) is 7.74. The number of morpholine rings is 1. The van der Waals surface area contributed by atoms with Crippen molar-refractivity contribution in [1.82, 2.24) is 10.2 Å². The van der Waals surface area contributed by atoms with Gasteiger partial charge in [0, 0.05) is 51.1 Å². The van der Waals surface area contributed by atoms with Gasteiger partial charge in [-0.1, -0.05) is 12.1 Å². The minimum absolute atomic E-state index is 0.0637. The summed E-state index contributed by atoms with van der Waals surface area (Å²) in [4.78, 5) is 15.2. The van der Waals surface area contributed by atoms with Crippen LogP contribution in [0.15, 0.2) is 18.2 Å². The molecule has 30 heavy (non-hydrogen) atoms. The number of nitrogens with one attached hydrogen (secondary N) is 2. The molecule has 0 aromatic heterocycles. The van der Waals surface area contributed by atoms with Crippen molar-refractivity contribution in [3.05, 3.63) is 29.3 Å². The van der Waals surface area contributed by atoms with Crippen LogP contribution in [0, 0.1) is 6.92 Å². The lowest BCUT2D eigenvalue weighted by molar-refractivity contribution is -0.148. The molecule has 2 fully saturated rings. The number of carbonyl (C=O) groups excluding carboxylic acids is 1. The summed E-state index contributed by atoms with van der Waals surface area (Å²) in [6.07, 6.45) is 3.73. The number of nitrogens with two attached hydrogens (primary N) is 1. The Morgan fingerprint density at radius 1 is 1.40 bits per heavy atom. The Morgan fingerprint density at radius 2 is 2.20 bits per heavy atom. The Kier molecular flexibility index (Phi) is 8.50. The van der Waals surface area contributed by atoms with E-state index in [0.29, 0.717) is 13.2 Å². The molecule has 0 radical (unpaired) electrons. The molecule has 3 atom stereocenters. The molecule has 0 spiro atoms. The van der Waals surface area contributed by atoms with Crippen molar-refractivity contribution >= 4 is 11.6 Å².